The molecule has 0 radical (unpaired) electrons. The smallest absolute Gasteiger partial charge is 0.196 e. The van der Waals surface area contributed by atoms with Gasteiger partial charge in [0.05, 0.1) is 5.75 Å². The van der Waals surface area contributed by atoms with E-state index in [1.807, 2.05) is 30.3 Å². The van der Waals surface area contributed by atoms with Gasteiger partial charge in [-0.1, -0.05) is 30.0 Å². The van der Waals surface area contributed by atoms with E-state index >= 15 is 0 Å². The summed E-state index contributed by atoms with van der Waals surface area (Å²) in [4.78, 5) is 17.6. The molecule has 0 N–H and O–H groups in total. The molecule has 3 aromatic rings. The van der Waals surface area contributed by atoms with Crippen LogP contribution >= 0.6 is 11.8 Å². The molecule has 4 aliphatic rings. The minimum Gasteiger partial charge on any atom is -0.298 e. The fourth-order valence-electron chi connectivity index (χ4n) is 6.60. The van der Waals surface area contributed by atoms with Crippen molar-refractivity contribution in [1.29, 1.82) is 0 Å². The van der Waals surface area contributed by atoms with Gasteiger partial charge in [-0.15, -0.1) is 10.2 Å². The minimum atomic E-state index is -0.0622. The Balaban J connectivity index is 1.28. The summed E-state index contributed by atoms with van der Waals surface area (Å²) in [6.07, 6.45) is 11.0. The molecule has 1 aromatic carbocycles. The summed E-state index contributed by atoms with van der Waals surface area (Å²) in [7, 11) is 0. The summed E-state index contributed by atoms with van der Waals surface area (Å²) in [5, 5.41) is 9.75. The average Bonchev–Trinajstić information content (AvgIpc) is 3.22. The van der Waals surface area contributed by atoms with Crippen LogP contribution in [0.5, 0.6) is 0 Å². The van der Waals surface area contributed by atoms with Crippen LogP contribution in [0.4, 0.5) is 0 Å². The number of Topliss-reactive ketones (excluding diaryl/α,β-unsaturated/α-hetero) is 1. The number of hydrogen-bond acceptors (Lipinski definition) is 5. The van der Waals surface area contributed by atoms with E-state index in [4.69, 9.17) is 0 Å². The molecule has 0 spiro atoms. The summed E-state index contributed by atoms with van der Waals surface area (Å²) in [6.45, 7) is 0. The molecule has 7 rings (SSSR count). The Hall–Kier alpha value is -2.47. The van der Waals surface area contributed by atoms with Gasteiger partial charge in [0, 0.05) is 29.1 Å². The van der Waals surface area contributed by atoms with Gasteiger partial charge in [0.15, 0.2) is 11.0 Å². The van der Waals surface area contributed by atoms with Gasteiger partial charge >= 0.3 is 0 Å². The van der Waals surface area contributed by atoms with E-state index in [2.05, 4.69) is 31.9 Å². The van der Waals surface area contributed by atoms with Crippen molar-refractivity contribution < 1.29 is 4.79 Å². The van der Waals surface area contributed by atoms with Crippen LogP contribution in [-0.4, -0.2) is 31.3 Å². The standard InChI is InChI=1S/C25H26N4OS/c30-22(25-13-17-10-18(14-25)12-19(11-17)15-25)16-31-24-28-27-23(20-6-8-26-9-7-20)29(24)21-4-2-1-3-5-21/h1-9,17-19H,10-16H2. The van der Waals surface area contributed by atoms with Gasteiger partial charge in [0.25, 0.3) is 0 Å². The number of carbonyl (C=O) groups excluding carboxylic acids is 1. The van der Waals surface area contributed by atoms with Crippen LogP contribution < -0.4 is 0 Å². The van der Waals surface area contributed by atoms with E-state index < -0.39 is 0 Å². The third kappa shape index (κ3) is 3.41. The Morgan fingerprint density at radius 3 is 2.23 bits per heavy atom. The second-order valence-electron chi connectivity index (χ2n) is 9.62. The van der Waals surface area contributed by atoms with Crippen molar-refractivity contribution in [3.8, 4) is 17.1 Å². The van der Waals surface area contributed by atoms with Crippen molar-refractivity contribution in [2.45, 2.75) is 43.7 Å². The Bertz CT molecular complexity index is 1060. The normalized spacial score (nSPS) is 28.7. The highest BCUT2D eigenvalue weighted by atomic mass is 32.2. The molecule has 31 heavy (non-hydrogen) atoms. The molecule has 0 atom stereocenters. The molecule has 4 saturated carbocycles. The van der Waals surface area contributed by atoms with E-state index in [0.717, 1.165) is 59.2 Å². The van der Waals surface area contributed by atoms with E-state index in [0.29, 0.717) is 11.5 Å². The van der Waals surface area contributed by atoms with Crippen LogP contribution in [-0.2, 0) is 4.79 Å². The molecule has 0 amide bonds. The van der Waals surface area contributed by atoms with Crippen molar-refractivity contribution in [3.05, 3.63) is 54.9 Å². The lowest BCUT2D eigenvalue weighted by Gasteiger charge is -2.56. The van der Waals surface area contributed by atoms with E-state index in [1.165, 1.54) is 31.0 Å². The zero-order chi connectivity index (χ0) is 20.8. The van der Waals surface area contributed by atoms with Gasteiger partial charge in [0.2, 0.25) is 0 Å². The van der Waals surface area contributed by atoms with E-state index in [1.54, 1.807) is 12.4 Å². The number of para-hydroxylation sites is 1. The van der Waals surface area contributed by atoms with E-state index in [-0.39, 0.29) is 5.41 Å². The Labute approximate surface area is 186 Å². The number of benzene rings is 1. The number of aromatic nitrogens is 4. The Morgan fingerprint density at radius 2 is 1.58 bits per heavy atom. The van der Waals surface area contributed by atoms with Crippen molar-refractivity contribution in [3.63, 3.8) is 0 Å². The van der Waals surface area contributed by atoms with Crippen LogP contribution in [0.15, 0.2) is 60.0 Å². The maximum atomic E-state index is 13.5. The molecular formula is C25H26N4OS. The topological polar surface area (TPSA) is 60.7 Å². The Morgan fingerprint density at radius 1 is 0.935 bits per heavy atom. The number of rotatable bonds is 6. The quantitative estimate of drug-likeness (QED) is 0.503. The predicted molar refractivity (Wildman–Crippen MR) is 121 cm³/mol. The minimum absolute atomic E-state index is 0.0622. The van der Waals surface area contributed by atoms with Crippen LogP contribution in [0.2, 0.25) is 0 Å². The van der Waals surface area contributed by atoms with Gasteiger partial charge < -0.3 is 0 Å². The molecule has 0 saturated heterocycles. The summed E-state index contributed by atoms with van der Waals surface area (Å²) >= 11 is 1.54. The largest absolute Gasteiger partial charge is 0.298 e. The highest BCUT2D eigenvalue weighted by Crippen LogP contribution is 2.60. The van der Waals surface area contributed by atoms with Crippen molar-refractivity contribution in [2.75, 3.05) is 5.75 Å². The monoisotopic (exact) mass is 430 g/mol. The molecule has 2 aromatic heterocycles. The summed E-state index contributed by atoms with van der Waals surface area (Å²) in [5.41, 5.74) is 1.91. The molecule has 0 unspecified atom stereocenters. The molecule has 5 nitrogen and oxygen atoms in total. The number of nitrogens with zero attached hydrogens (tertiary/aromatic N) is 4. The first-order valence-corrected chi connectivity index (χ1v) is 12.3. The average molecular weight is 431 g/mol. The first kappa shape index (κ1) is 19.2. The first-order valence-electron chi connectivity index (χ1n) is 11.3. The first-order chi connectivity index (χ1) is 15.2. The molecule has 4 bridgehead atoms. The summed E-state index contributed by atoms with van der Waals surface area (Å²) < 4.78 is 2.06. The zero-order valence-corrected chi connectivity index (χ0v) is 18.3. The van der Waals surface area contributed by atoms with Crippen LogP contribution in [0.3, 0.4) is 0 Å². The molecular weight excluding hydrogens is 404 g/mol. The van der Waals surface area contributed by atoms with Crippen molar-refractivity contribution >= 4 is 17.5 Å². The summed E-state index contributed by atoms with van der Waals surface area (Å²) in [5.74, 6) is 4.04. The van der Waals surface area contributed by atoms with Crippen molar-refractivity contribution in [1.82, 2.24) is 19.7 Å². The number of ketones is 1. The fraction of sp³-hybridized carbons (Fsp3) is 0.440. The van der Waals surface area contributed by atoms with E-state index in [9.17, 15) is 4.79 Å². The third-order valence-electron chi connectivity index (χ3n) is 7.55. The number of carbonyl (C=O) groups is 1. The van der Waals surface area contributed by atoms with Gasteiger partial charge in [0.1, 0.15) is 5.78 Å². The SMILES string of the molecule is O=C(CSc1nnc(-c2ccncc2)n1-c1ccccc1)C12CC3CC(CC(C3)C1)C2. The predicted octanol–water partition coefficient (Wildman–Crippen LogP) is 5.21. The third-order valence-corrected chi connectivity index (χ3v) is 8.48. The molecule has 6 heteroatoms. The van der Waals surface area contributed by atoms with Crippen molar-refractivity contribution in [2.24, 2.45) is 23.2 Å². The molecule has 158 valence electrons. The van der Waals surface area contributed by atoms with Gasteiger partial charge in [-0.2, -0.15) is 0 Å². The second-order valence-corrected chi connectivity index (χ2v) is 10.6. The molecule has 4 aliphatic carbocycles. The summed E-state index contributed by atoms with van der Waals surface area (Å²) in [6, 6.07) is 14.0. The number of thioether (sulfide) groups is 1. The lowest BCUT2D eigenvalue weighted by molar-refractivity contribution is -0.141. The van der Waals surface area contributed by atoms with Gasteiger partial charge in [-0.3, -0.25) is 14.3 Å². The highest BCUT2D eigenvalue weighted by Gasteiger charge is 2.54. The lowest BCUT2D eigenvalue weighted by Crippen LogP contribution is -2.50. The van der Waals surface area contributed by atoms with Crippen LogP contribution in [0.1, 0.15) is 38.5 Å². The Kier molecular flexibility index (Phi) is 4.71. The second kappa shape index (κ2) is 7.59. The van der Waals surface area contributed by atoms with Crippen LogP contribution in [0.25, 0.3) is 17.1 Å². The fourth-order valence-corrected chi connectivity index (χ4v) is 7.58. The lowest BCUT2D eigenvalue weighted by atomic mass is 9.48. The molecule has 2 heterocycles. The number of hydrogen-bond donors (Lipinski definition) is 0. The van der Waals surface area contributed by atoms with Gasteiger partial charge in [-0.05, 0) is 80.5 Å². The molecule has 0 aliphatic heterocycles. The highest BCUT2D eigenvalue weighted by molar-refractivity contribution is 7.99. The zero-order valence-electron chi connectivity index (χ0n) is 17.5. The molecule has 4 fully saturated rings. The maximum absolute atomic E-state index is 13.5. The van der Waals surface area contributed by atoms with Crippen LogP contribution in [0, 0.1) is 23.2 Å². The maximum Gasteiger partial charge on any atom is 0.196 e. The number of pyridine rings is 1. The van der Waals surface area contributed by atoms with Gasteiger partial charge in [-0.25, -0.2) is 0 Å².